The Bertz CT molecular complexity index is 409. The van der Waals surface area contributed by atoms with Gasteiger partial charge >= 0.3 is 11.9 Å². The summed E-state index contributed by atoms with van der Waals surface area (Å²) in [5.74, 6) is -2.89. The summed E-state index contributed by atoms with van der Waals surface area (Å²) in [5, 5.41) is 15.6. The van der Waals surface area contributed by atoms with E-state index in [1.807, 2.05) is 6.07 Å². The van der Waals surface area contributed by atoms with Crippen LogP contribution in [0.25, 0.3) is 0 Å². The number of benzene rings is 1. The molecule has 0 saturated carbocycles. The predicted molar refractivity (Wildman–Crippen MR) is 59.4 cm³/mol. The fraction of sp³-hybridized carbons (Fsp3) is 0. The third kappa shape index (κ3) is 8.37. The number of carbonyl (C=O) groups is 3. The van der Waals surface area contributed by atoms with Gasteiger partial charge in [0.15, 0.2) is 0 Å². The standard InChI is InChI=1S/C7H7NO.C4H4O4/c8-7(9)6-4-2-1-3-5-6;5-3(6)1-2-4(7)8/h1-5H,(H2,8,9);1-2H,(H,5,6)(H,7,8). The van der Waals surface area contributed by atoms with Gasteiger partial charge in [-0.3, -0.25) is 4.79 Å². The zero-order valence-corrected chi connectivity index (χ0v) is 8.74. The molecule has 0 fully saturated rings. The number of hydrogen-bond acceptors (Lipinski definition) is 3. The van der Waals surface area contributed by atoms with E-state index in [1.165, 1.54) is 0 Å². The summed E-state index contributed by atoms with van der Waals surface area (Å²) in [6.07, 6.45) is 1.12. The van der Waals surface area contributed by atoms with Crippen LogP contribution in [0.3, 0.4) is 0 Å². The molecule has 1 rings (SSSR count). The third-order valence-electron chi connectivity index (χ3n) is 1.43. The number of hydrogen-bond donors (Lipinski definition) is 3. The maximum atomic E-state index is 10.4. The molecule has 0 aliphatic heterocycles. The van der Waals surface area contributed by atoms with Crippen molar-refractivity contribution < 1.29 is 24.6 Å². The highest BCUT2D eigenvalue weighted by Crippen LogP contribution is 1.94. The molecule has 6 heteroatoms. The van der Waals surface area contributed by atoms with Crippen LogP contribution >= 0.6 is 0 Å². The average molecular weight is 237 g/mol. The molecule has 17 heavy (non-hydrogen) atoms. The quantitative estimate of drug-likeness (QED) is 0.661. The van der Waals surface area contributed by atoms with E-state index >= 15 is 0 Å². The third-order valence-corrected chi connectivity index (χ3v) is 1.43. The second-order valence-electron chi connectivity index (χ2n) is 2.74. The molecule has 0 bridgehead atoms. The lowest BCUT2D eigenvalue weighted by molar-refractivity contribution is -0.134. The van der Waals surface area contributed by atoms with Gasteiger partial charge < -0.3 is 15.9 Å². The Hall–Kier alpha value is -2.63. The van der Waals surface area contributed by atoms with Crippen molar-refractivity contribution in [1.82, 2.24) is 0 Å². The second kappa shape index (κ2) is 7.63. The molecular weight excluding hydrogens is 226 g/mol. The highest BCUT2D eigenvalue weighted by Gasteiger charge is 1.93. The number of aliphatic carboxylic acids is 2. The summed E-state index contributed by atoms with van der Waals surface area (Å²) in [7, 11) is 0. The van der Waals surface area contributed by atoms with Crippen LogP contribution in [0.1, 0.15) is 10.4 Å². The van der Waals surface area contributed by atoms with E-state index in [4.69, 9.17) is 15.9 Å². The first-order valence-electron chi connectivity index (χ1n) is 4.42. The topological polar surface area (TPSA) is 118 Å². The Morgan fingerprint density at radius 2 is 1.35 bits per heavy atom. The van der Waals surface area contributed by atoms with Gasteiger partial charge in [0.2, 0.25) is 5.91 Å². The van der Waals surface area contributed by atoms with E-state index in [2.05, 4.69) is 0 Å². The Morgan fingerprint density at radius 1 is 0.941 bits per heavy atom. The number of carbonyl (C=O) groups excluding carboxylic acids is 1. The molecule has 0 aliphatic carbocycles. The van der Waals surface area contributed by atoms with Gasteiger partial charge in [-0.2, -0.15) is 0 Å². The number of rotatable bonds is 3. The van der Waals surface area contributed by atoms with Crippen molar-refractivity contribution in [2.24, 2.45) is 5.73 Å². The second-order valence-corrected chi connectivity index (χ2v) is 2.74. The molecule has 0 spiro atoms. The lowest BCUT2D eigenvalue weighted by Crippen LogP contribution is -2.09. The van der Waals surface area contributed by atoms with Crippen LogP contribution in [0.2, 0.25) is 0 Å². The van der Waals surface area contributed by atoms with E-state index < -0.39 is 11.9 Å². The fourth-order valence-electron chi connectivity index (χ4n) is 0.745. The molecule has 0 heterocycles. The summed E-state index contributed by atoms with van der Waals surface area (Å²) in [4.78, 5) is 29.5. The van der Waals surface area contributed by atoms with Crippen LogP contribution in [0.15, 0.2) is 42.5 Å². The van der Waals surface area contributed by atoms with E-state index in [0.717, 1.165) is 0 Å². The van der Waals surface area contributed by atoms with Crippen LogP contribution in [0.4, 0.5) is 0 Å². The van der Waals surface area contributed by atoms with Gasteiger partial charge in [0.05, 0.1) is 0 Å². The Morgan fingerprint density at radius 3 is 1.59 bits per heavy atom. The highest BCUT2D eigenvalue weighted by molar-refractivity contribution is 5.92. The zero-order valence-electron chi connectivity index (χ0n) is 8.74. The first-order chi connectivity index (χ1) is 7.93. The minimum atomic E-state index is -1.26. The van der Waals surface area contributed by atoms with Gasteiger partial charge in [-0.25, -0.2) is 9.59 Å². The van der Waals surface area contributed by atoms with Gasteiger partial charge in [-0.15, -0.1) is 0 Å². The van der Waals surface area contributed by atoms with Crippen LogP contribution < -0.4 is 5.73 Å². The molecule has 1 amide bonds. The largest absolute Gasteiger partial charge is 0.478 e. The molecule has 0 aromatic heterocycles. The summed E-state index contributed by atoms with van der Waals surface area (Å²) < 4.78 is 0. The van der Waals surface area contributed by atoms with E-state index in [0.29, 0.717) is 17.7 Å². The highest BCUT2D eigenvalue weighted by atomic mass is 16.4. The monoisotopic (exact) mass is 237 g/mol. The molecule has 90 valence electrons. The fourth-order valence-corrected chi connectivity index (χ4v) is 0.745. The summed E-state index contributed by atoms with van der Waals surface area (Å²) >= 11 is 0. The normalized spacial score (nSPS) is 9.18. The molecule has 0 saturated heterocycles. The number of primary amides is 1. The minimum absolute atomic E-state index is 0.379. The zero-order chi connectivity index (χ0) is 13.3. The number of carboxylic acids is 2. The van der Waals surface area contributed by atoms with Crippen LogP contribution in [-0.2, 0) is 9.59 Å². The Labute approximate surface area is 97.0 Å². The maximum Gasteiger partial charge on any atom is 0.328 e. The van der Waals surface area contributed by atoms with E-state index in [-0.39, 0.29) is 5.91 Å². The van der Waals surface area contributed by atoms with Crippen molar-refractivity contribution in [3.05, 3.63) is 48.0 Å². The maximum absolute atomic E-state index is 10.4. The number of nitrogens with two attached hydrogens (primary N) is 1. The smallest absolute Gasteiger partial charge is 0.328 e. The number of amides is 1. The van der Waals surface area contributed by atoms with Gasteiger partial charge in [0.1, 0.15) is 0 Å². The van der Waals surface area contributed by atoms with Gasteiger partial charge in [-0.1, -0.05) is 18.2 Å². The van der Waals surface area contributed by atoms with Crippen molar-refractivity contribution in [3.63, 3.8) is 0 Å². The Balaban J connectivity index is 0.000000304. The van der Waals surface area contributed by atoms with Gasteiger partial charge in [-0.05, 0) is 12.1 Å². The number of carboxylic acid groups (broad SMARTS) is 2. The van der Waals surface area contributed by atoms with Gasteiger partial charge in [0, 0.05) is 17.7 Å². The molecule has 0 radical (unpaired) electrons. The molecule has 0 unspecified atom stereocenters. The molecule has 1 aromatic carbocycles. The van der Waals surface area contributed by atoms with Crippen LogP contribution in [0.5, 0.6) is 0 Å². The van der Waals surface area contributed by atoms with E-state index in [1.54, 1.807) is 24.3 Å². The van der Waals surface area contributed by atoms with Crippen LogP contribution in [-0.4, -0.2) is 28.1 Å². The lowest BCUT2D eigenvalue weighted by Gasteiger charge is -1.89. The molecule has 4 N–H and O–H groups in total. The van der Waals surface area contributed by atoms with Crippen LogP contribution in [0, 0.1) is 0 Å². The first kappa shape index (κ1) is 14.4. The summed E-state index contributed by atoms with van der Waals surface area (Å²) in [6.45, 7) is 0. The SMILES string of the molecule is NC(=O)c1ccccc1.O=C(O)C=CC(=O)O. The van der Waals surface area contributed by atoms with Crippen molar-refractivity contribution in [2.75, 3.05) is 0 Å². The summed E-state index contributed by atoms with van der Waals surface area (Å²) in [6, 6.07) is 8.76. The van der Waals surface area contributed by atoms with Crippen molar-refractivity contribution >= 4 is 17.8 Å². The van der Waals surface area contributed by atoms with E-state index in [9.17, 15) is 14.4 Å². The first-order valence-corrected chi connectivity index (χ1v) is 4.42. The Kier molecular flexibility index (Phi) is 6.45. The molecule has 0 atom stereocenters. The minimum Gasteiger partial charge on any atom is -0.478 e. The lowest BCUT2D eigenvalue weighted by atomic mass is 10.2. The molecule has 6 nitrogen and oxygen atoms in total. The van der Waals surface area contributed by atoms with Crippen molar-refractivity contribution in [2.45, 2.75) is 0 Å². The van der Waals surface area contributed by atoms with Gasteiger partial charge in [0.25, 0.3) is 0 Å². The predicted octanol–water partition coefficient (Wildman–Crippen LogP) is 0.497. The molecule has 0 aliphatic rings. The average Bonchev–Trinajstić information content (AvgIpc) is 2.28. The van der Waals surface area contributed by atoms with Crippen molar-refractivity contribution in [3.8, 4) is 0 Å². The van der Waals surface area contributed by atoms with Crippen molar-refractivity contribution in [1.29, 1.82) is 0 Å². The summed E-state index contributed by atoms with van der Waals surface area (Å²) in [5.41, 5.74) is 5.53. The molecular formula is C11H11NO5. The molecule has 1 aromatic rings.